The summed E-state index contributed by atoms with van der Waals surface area (Å²) in [6.07, 6.45) is 2.82. The van der Waals surface area contributed by atoms with Crippen molar-refractivity contribution in [3.05, 3.63) is 28.3 Å². The third-order valence-corrected chi connectivity index (χ3v) is 6.75. The fourth-order valence-electron chi connectivity index (χ4n) is 3.92. The van der Waals surface area contributed by atoms with E-state index in [1.807, 2.05) is 12.3 Å². The van der Waals surface area contributed by atoms with Crippen LogP contribution in [0.25, 0.3) is 0 Å². The summed E-state index contributed by atoms with van der Waals surface area (Å²) in [6.45, 7) is 5.84. The fourth-order valence-corrected chi connectivity index (χ4v) is 5.29. The normalized spacial score (nSPS) is 24.4. The van der Waals surface area contributed by atoms with Crippen LogP contribution in [0.1, 0.15) is 36.3 Å². The van der Waals surface area contributed by atoms with Crippen LogP contribution in [0, 0.1) is 0 Å². The van der Waals surface area contributed by atoms with Gasteiger partial charge in [0.2, 0.25) is 11.8 Å². The van der Waals surface area contributed by atoms with E-state index in [1.54, 1.807) is 7.11 Å². The van der Waals surface area contributed by atoms with Crippen LogP contribution in [-0.4, -0.2) is 50.7 Å². The van der Waals surface area contributed by atoms with Gasteiger partial charge >= 0.3 is 0 Å². The average molecular weight is 402 g/mol. The molecule has 0 aromatic carbocycles. The van der Waals surface area contributed by atoms with Crippen LogP contribution in [0.4, 0.5) is 5.13 Å². The largest absolute Gasteiger partial charge is 0.481 e. The molecule has 1 N–H and O–H groups in total. The van der Waals surface area contributed by atoms with Crippen molar-refractivity contribution < 1.29 is 14.3 Å². The van der Waals surface area contributed by atoms with Crippen molar-refractivity contribution in [1.82, 2.24) is 14.9 Å². The number of thiazole rings is 1. The van der Waals surface area contributed by atoms with Gasteiger partial charge < -0.3 is 14.8 Å². The van der Waals surface area contributed by atoms with Crippen molar-refractivity contribution in [2.45, 2.75) is 45.1 Å². The number of rotatable bonds is 4. The maximum Gasteiger partial charge on any atom is 0.223 e. The number of likely N-dealkylation sites (tertiary alicyclic amines) is 1. The van der Waals surface area contributed by atoms with Crippen molar-refractivity contribution in [3.63, 3.8) is 0 Å². The molecule has 1 spiro atoms. The smallest absolute Gasteiger partial charge is 0.223 e. The van der Waals surface area contributed by atoms with Crippen LogP contribution in [0.3, 0.4) is 0 Å². The summed E-state index contributed by atoms with van der Waals surface area (Å²) < 4.78 is 11.5. The quantitative estimate of drug-likeness (QED) is 0.779. The summed E-state index contributed by atoms with van der Waals surface area (Å²) in [4.78, 5) is 23.5. The average Bonchev–Trinajstić information content (AvgIpc) is 3.24. The first-order valence-corrected chi connectivity index (χ1v) is 10.1. The molecule has 2 atom stereocenters. The van der Waals surface area contributed by atoms with Crippen molar-refractivity contribution in [1.29, 1.82) is 0 Å². The zero-order valence-electron chi connectivity index (χ0n) is 15.5. The Hall–Kier alpha value is -1.81. The first-order chi connectivity index (χ1) is 12.9. The number of nitrogens with one attached hydrogen (secondary N) is 1. The molecule has 3 radical (unpaired) electrons. The Morgan fingerprint density at radius 2 is 2.41 bits per heavy atom. The monoisotopic (exact) mass is 401 g/mol. The SMILES string of the molecule is COc1cc2c(cn1)[C@]1(C[C@H](C)N(Cc3sc(NC(C)=O)nc3[Si])C1)OC2. The maximum absolute atomic E-state index is 11.3. The number of aromatic nitrogens is 2. The van der Waals surface area contributed by atoms with Gasteiger partial charge in [0.1, 0.15) is 15.8 Å². The fraction of sp³-hybridized carbons (Fsp3) is 0.500. The van der Waals surface area contributed by atoms with Gasteiger partial charge in [-0.2, -0.15) is 0 Å². The Morgan fingerprint density at radius 3 is 3.15 bits per heavy atom. The lowest BCUT2D eigenvalue weighted by atomic mass is 9.92. The summed E-state index contributed by atoms with van der Waals surface area (Å²) in [5.74, 6) is 0.505. The van der Waals surface area contributed by atoms with E-state index in [-0.39, 0.29) is 11.5 Å². The van der Waals surface area contributed by atoms with Gasteiger partial charge in [-0.05, 0) is 18.9 Å². The van der Waals surface area contributed by atoms with Crippen LogP contribution in [0.2, 0.25) is 0 Å². The minimum atomic E-state index is -0.314. The number of carbonyl (C=O) groups is 1. The van der Waals surface area contributed by atoms with Gasteiger partial charge in [-0.25, -0.2) is 9.97 Å². The molecule has 2 aliphatic rings. The summed E-state index contributed by atoms with van der Waals surface area (Å²) in [6, 6.07) is 2.33. The highest BCUT2D eigenvalue weighted by molar-refractivity contribution is 7.16. The van der Waals surface area contributed by atoms with E-state index in [1.165, 1.54) is 23.8 Å². The van der Waals surface area contributed by atoms with E-state index in [9.17, 15) is 4.79 Å². The molecule has 2 aliphatic heterocycles. The highest BCUT2D eigenvalue weighted by Gasteiger charge is 2.49. The number of methoxy groups -OCH3 is 1. The molecule has 0 saturated carbocycles. The molecule has 141 valence electrons. The molecule has 1 amide bonds. The Morgan fingerprint density at radius 1 is 1.59 bits per heavy atom. The number of ether oxygens (including phenoxy) is 2. The Labute approximate surface area is 165 Å². The number of amides is 1. The number of hydrogen-bond acceptors (Lipinski definition) is 7. The molecule has 4 heterocycles. The van der Waals surface area contributed by atoms with E-state index < -0.39 is 0 Å². The number of hydrogen-bond donors (Lipinski definition) is 1. The minimum absolute atomic E-state index is 0.116. The van der Waals surface area contributed by atoms with Crippen LogP contribution in [0.5, 0.6) is 5.88 Å². The van der Waals surface area contributed by atoms with Gasteiger partial charge in [0, 0.05) is 54.1 Å². The topological polar surface area (TPSA) is 76.6 Å². The number of fused-ring (bicyclic) bond motifs is 2. The molecule has 27 heavy (non-hydrogen) atoms. The van der Waals surface area contributed by atoms with Crippen LogP contribution < -0.4 is 15.4 Å². The van der Waals surface area contributed by atoms with E-state index in [2.05, 4.69) is 37.4 Å². The summed E-state index contributed by atoms with van der Waals surface area (Å²) >= 11 is 1.50. The van der Waals surface area contributed by atoms with Gasteiger partial charge in [0.05, 0.1) is 13.7 Å². The van der Waals surface area contributed by atoms with E-state index >= 15 is 0 Å². The standard InChI is InChI=1S/C18H21N4O3SSi/c1-10-5-18(13-6-19-15(24-3)4-12(13)8-25-18)9-22(10)7-14-16(27)21-17(26-14)20-11(2)23/h4,6,10H,5,7-9H2,1-3H3,(H,20,21,23)/t10-,18+/m0/s1. The van der Waals surface area contributed by atoms with E-state index in [0.29, 0.717) is 23.7 Å². The second kappa shape index (κ2) is 6.97. The van der Waals surface area contributed by atoms with Crippen LogP contribution in [-0.2, 0) is 28.3 Å². The number of nitrogens with zero attached hydrogens (tertiary/aromatic N) is 3. The molecule has 0 bridgehead atoms. The molecule has 0 unspecified atom stereocenters. The Bertz CT molecular complexity index is 889. The van der Waals surface area contributed by atoms with Gasteiger partial charge in [0.25, 0.3) is 0 Å². The highest BCUT2D eigenvalue weighted by atomic mass is 32.1. The van der Waals surface area contributed by atoms with Crippen molar-refractivity contribution in [3.8, 4) is 5.88 Å². The van der Waals surface area contributed by atoms with Gasteiger partial charge in [-0.15, -0.1) is 11.3 Å². The van der Waals surface area contributed by atoms with Gasteiger partial charge in [-0.3, -0.25) is 9.69 Å². The van der Waals surface area contributed by atoms with E-state index in [0.717, 1.165) is 35.3 Å². The highest BCUT2D eigenvalue weighted by Crippen LogP contribution is 2.46. The first kappa shape index (κ1) is 18.5. The van der Waals surface area contributed by atoms with E-state index in [4.69, 9.17) is 9.47 Å². The predicted octanol–water partition coefficient (Wildman–Crippen LogP) is 1.32. The number of anilines is 1. The molecular formula is C18H21N4O3SSi. The predicted molar refractivity (Wildman–Crippen MR) is 104 cm³/mol. The molecule has 1 saturated heterocycles. The molecule has 4 rings (SSSR count). The maximum atomic E-state index is 11.3. The third kappa shape index (κ3) is 3.40. The summed E-state index contributed by atoms with van der Waals surface area (Å²) in [7, 11) is 5.20. The Kier molecular flexibility index (Phi) is 4.79. The second-order valence-electron chi connectivity index (χ2n) is 7.10. The van der Waals surface area contributed by atoms with Crippen LogP contribution >= 0.6 is 11.3 Å². The molecular weight excluding hydrogens is 380 g/mol. The zero-order chi connectivity index (χ0) is 19.2. The molecule has 7 nitrogen and oxygen atoms in total. The lowest BCUT2D eigenvalue weighted by molar-refractivity contribution is -0.114. The lowest BCUT2D eigenvalue weighted by Gasteiger charge is -2.24. The molecule has 1 fully saturated rings. The number of pyridine rings is 1. The van der Waals surface area contributed by atoms with Crippen molar-refractivity contribution >= 4 is 37.9 Å². The van der Waals surface area contributed by atoms with Gasteiger partial charge in [0.15, 0.2) is 5.13 Å². The van der Waals surface area contributed by atoms with Gasteiger partial charge in [-0.1, -0.05) is 0 Å². The molecule has 9 heteroatoms. The molecule has 0 aliphatic carbocycles. The van der Waals surface area contributed by atoms with Crippen LogP contribution in [0.15, 0.2) is 12.3 Å². The second-order valence-corrected chi connectivity index (χ2v) is 8.65. The van der Waals surface area contributed by atoms with Crippen molar-refractivity contribution in [2.24, 2.45) is 0 Å². The Balaban J connectivity index is 1.53. The zero-order valence-corrected chi connectivity index (χ0v) is 17.4. The number of carbonyl (C=O) groups excluding carboxylic acids is 1. The minimum Gasteiger partial charge on any atom is -0.481 e. The summed E-state index contributed by atoms with van der Waals surface area (Å²) in [5.41, 5.74) is 2.01. The molecule has 2 aromatic heterocycles. The van der Waals surface area contributed by atoms with Crippen molar-refractivity contribution in [2.75, 3.05) is 19.0 Å². The summed E-state index contributed by atoms with van der Waals surface area (Å²) in [5, 5.41) is 4.14. The first-order valence-electron chi connectivity index (χ1n) is 8.80. The molecule has 2 aromatic rings. The lowest BCUT2D eigenvalue weighted by Crippen LogP contribution is -2.32. The third-order valence-electron chi connectivity index (χ3n) is 5.20.